The van der Waals surface area contributed by atoms with Crippen LogP contribution >= 0.6 is 12.4 Å². The van der Waals surface area contributed by atoms with Crippen molar-refractivity contribution in [2.45, 2.75) is 58.0 Å². The third-order valence-corrected chi connectivity index (χ3v) is 3.54. The number of hydrogen-bond acceptors (Lipinski definition) is 3. The zero-order valence-corrected chi connectivity index (χ0v) is 12.6. The molecule has 1 rings (SSSR count). The highest BCUT2D eigenvalue weighted by Crippen LogP contribution is 2.25. The minimum atomic E-state index is -0.475. The highest BCUT2D eigenvalue weighted by atomic mass is 35.5. The average Bonchev–Trinajstić information content (AvgIpc) is 2.32. The molecule has 1 aliphatic carbocycles. The van der Waals surface area contributed by atoms with Crippen molar-refractivity contribution < 1.29 is 9.59 Å². The lowest BCUT2D eigenvalue weighted by Crippen LogP contribution is -2.46. The number of carbonyl (C=O) groups excluding carboxylic acids is 2. The quantitative estimate of drug-likeness (QED) is 0.705. The molecule has 4 N–H and O–H groups in total. The monoisotopic (exact) mass is 291 g/mol. The van der Waals surface area contributed by atoms with Crippen LogP contribution in [-0.2, 0) is 9.59 Å². The van der Waals surface area contributed by atoms with Gasteiger partial charge >= 0.3 is 0 Å². The fourth-order valence-electron chi connectivity index (χ4n) is 2.42. The first-order valence-electron chi connectivity index (χ1n) is 6.87. The molecule has 19 heavy (non-hydrogen) atoms. The normalized spacial score (nSPS) is 23.9. The van der Waals surface area contributed by atoms with Crippen LogP contribution in [0.1, 0.15) is 46.0 Å². The molecule has 0 radical (unpaired) electrons. The Morgan fingerprint density at radius 1 is 1.32 bits per heavy atom. The molecule has 1 fully saturated rings. The number of nitrogens with two attached hydrogens (primary N) is 1. The minimum Gasteiger partial charge on any atom is -0.355 e. The molecule has 3 unspecified atom stereocenters. The Labute approximate surface area is 121 Å². The maximum absolute atomic E-state index is 11.8. The van der Waals surface area contributed by atoms with Gasteiger partial charge in [-0.3, -0.25) is 9.59 Å². The van der Waals surface area contributed by atoms with Crippen LogP contribution < -0.4 is 16.4 Å². The van der Waals surface area contributed by atoms with Crippen molar-refractivity contribution in [3.8, 4) is 0 Å². The van der Waals surface area contributed by atoms with Gasteiger partial charge in [-0.1, -0.05) is 12.8 Å². The van der Waals surface area contributed by atoms with E-state index in [1.165, 1.54) is 0 Å². The van der Waals surface area contributed by atoms with E-state index < -0.39 is 6.04 Å². The fourth-order valence-corrected chi connectivity index (χ4v) is 2.42. The summed E-state index contributed by atoms with van der Waals surface area (Å²) in [5, 5.41) is 5.41. The van der Waals surface area contributed by atoms with E-state index in [0.29, 0.717) is 13.0 Å². The molecule has 3 atom stereocenters. The first kappa shape index (κ1) is 18.2. The van der Waals surface area contributed by atoms with Gasteiger partial charge in [0, 0.05) is 19.0 Å². The van der Waals surface area contributed by atoms with E-state index >= 15 is 0 Å². The third kappa shape index (κ3) is 6.25. The molecule has 1 aliphatic rings. The molecule has 0 aromatic rings. The van der Waals surface area contributed by atoms with Crippen LogP contribution in [0.2, 0.25) is 0 Å². The molecule has 0 heterocycles. The molecule has 6 heteroatoms. The Balaban J connectivity index is 0.00000324. The zero-order chi connectivity index (χ0) is 13.5. The topological polar surface area (TPSA) is 84.2 Å². The molecule has 0 spiro atoms. The van der Waals surface area contributed by atoms with Gasteiger partial charge in [0.05, 0.1) is 0 Å². The summed E-state index contributed by atoms with van der Waals surface area (Å²) < 4.78 is 0. The molecule has 0 aromatic heterocycles. The summed E-state index contributed by atoms with van der Waals surface area (Å²) >= 11 is 0. The maximum atomic E-state index is 11.8. The van der Waals surface area contributed by atoms with Crippen molar-refractivity contribution in [2.75, 3.05) is 6.54 Å². The van der Waals surface area contributed by atoms with Crippen LogP contribution in [0.25, 0.3) is 0 Å². The highest BCUT2D eigenvalue weighted by Gasteiger charge is 2.25. The summed E-state index contributed by atoms with van der Waals surface area (Å²) in [5.74, 6) is 0.0510. The zero-order valence-electron chi connectivity index (χ0n) is 11.8. The molecule has 112 valence electrons. The third-order valence-electron chi connectivity index (χ3n) is 3.54. The van der Waals surface area contributed by atoms with Gasteiger partial charge in [-0.15, -0.1) is 12.4 Å². The molecule has 1 saturated carbocycles. The summed E-state index contributed by atoms with van der Waals surface area (Å²) in [5.41, 5.74) is 6.01. The minimum absolute atomic E-state index is 0. The fraction of sp³-hybridized carbons (Fsp3) is 0.846. The van der Waals surface area contributed by atoms with Crippen LogP contribution in [0.5, 0.6) is 0 Å². The summed E-state index contributed by atoms with van der Waals surface area (Å²) in [7, 11) is 0. The predicted molar refractivity (Wildman–Crippen MR) is 78.1 cm³/mol. The van der Waals surface area contributed by atoms with E-state index in [9.17, 15) is 9.59 Å². The van der Waals surface area contributed by atoms with E-state index in [1.807, 2.05) is 6.92 Å². The smallest absolute Gasteiger partial charge is 0.242 e. The van der Waals surface area contributed by atoms with E-state index in [2.05, 4.69) is 10.6 Å². The Kier molecular flexibility index (Phi) is 8.76. The summed E-state index contributed by atoms with van der Waals surface area (Å²) in [4.78, 5) is 23.3. The number of amides is 2. The Morgan fingerprint density at radius 3 is 2.53 bits per heavy atom. The number of carbonyl (C=O) groups is 2. The Bertz CT molecular complexity index is 300. The number of halogens is 1. The van der Waals surface area contributed by atoms with Crippen LogP contribution in [0, 0.1) is 5.92 Å². The van der Waals surface area contributed by atoms with Crippen LogP contribution in [0.15, 0.2) is 0 Å². The SMILES string of the molecule is CCNC(=O)C(C)NC(=O)CC1CCCCC1N.Cl. The van der Waals surface area contributed by atoms with Gasteiger partial charge in [0.2, 0.25) is 11.8 Å². The van der Waals surface area contributed by atoms with Gasteiger partial charge in [0.25, 0.3) is 0 Å². The summed E-state index contributed by atoms with van der Waals surface area (Å²) in [6.07, 6.45) is 4.77. The summed E-state index contributed by atoms with van der Waals surface area (Å²) in [6, 6.07) is -0.346. The number of likely N-dealkylation sites (N-methyl/N-ethyl adjacent to an activating group) is 1. The summed E-state index contributed by atoms with van der Waals surface area (Å²) in [6.45, 7) is 4.13. The van der Waals surface area contributed by atoms with Crippen LogP contribution in [0.3, 0.4) is 0 Å². The van der Waals surface area contributed by atoms with E-state index in [-0.39, 0.29) is 36.2 Å². The van der Waals surface area contributed by atoms with Crippen LogP contribution in [-0.4, -0.2) is 30.4 Å². The lowest BCUT2D eigenvalue weighted by molar-refractivity contribution is -0.129. The predicted octanol–water partition coefficient (Wildman–Crippen LogP) is 0.957. The molecule has 2 amide bonds. The molecule has 0 aliphatic heterocycles. The largest absolute Gasteiger partial charge is 0.355 e. The molecule has 0 aromatic carbocycles. The van der Waals surface area contributed by atoms with Crippen molar-refractivity contribution in [1.29, 1.82) is 0 Å². The van der Waals surface area contributed by atoms with Crippen molar-refractivity contribution in [1.82, 2.24) is 10.6 Å². The van der Waals surface area contributed by atoms with Gasteiger partial charge in [-0.05, 0) is 32.6 Å². The second-order valence-corrected chi connectivity index (χ2v) is 5.10. The number of nitrogens with one attached hydrogen (secondary N) is 2. The number of hydrogen-bond donors (Lipinski definition) is 3. The molecule has 0 bridgehead atoms. The molecule has 0 saturated heterocycles. The average molecular weight is 292 g/mol. The van der Waals surface area contributed by atoms with Gasteiger partial charge in [-0.2, -0.15) is 0 Å². The van der Waals surface area contributed by atoms with Gasteiger partial charge < -0.3 is 16.4 Å². The second kappa shape index (κ2) is 9.15. The van der Waals surface area contributed by atoms with E-state index in [1.54, 1.807) is 6.92 Å². The van der Waals surface area contributed by atoms with Crippen molar-refractivity contribution in [3.63, 3.8) is 0 Å². The van der Waals surface area contributed by atoms with Crippen molar-refractivity contribution >= 4 is 24.2 Å². The molecular formula is C13H26ClN3O2. The molecular weight excluding hydrogens is 266 g/mol. The van der Waals surface area contributed by atoms with Crippen LogP contribution in [0.4, 0.5) is 0 Å². The number of rotatable bonds is 5. The molecule has 5 nitrogen and oxygen atoms in total. The second-order valence-electron chi connectivity index (χ2n) is 5.10. The standard InChI is InChI=1S/C13H25N3O2.ClH/c1-3-15-13(18)9(2)16-12(17)8-10-6-4-5-7-11(10)14;/h9-11H,3-8,14H2,1-2H3,(H,15,18)(H,16,17);1H. The highest BCUT2D eigenvalue weighted by molar-refractivity contribution is 5.87. The Hall–Kier alpha value is -0.810. The first-order chi connectivity index (χ1) is 8.54. The van der Waals surface area contributed by atoms with Gasteiger partial charge in [-0.25, -0.2) is 0 Å². The van der Waals surface area contributed by atoms with Crippen molar-refractivity contribution in [3.05, 3.63) is 0 Å². The van der Waals surface area contributed by atoms with Gasteiger partial charge in [0.1, 0.15) is 6.04 Å². The van der Waals surface area contributed by atoms with Crippen molar-refractivity contribution in [2.24, 2.45) is 11.7 Å². The van der Waals surface area contributed by atoms with E-state index in [0.717, 1.165) is 25.7 Å². The lowest BCUT2D eigenvalue weighted by atomic mass is 9.83. The first-order valence-corrected chi connectivity index (χ1v) is 6.87. The lowest BCUT2D eigenvalue weighted by Gasteiger charge is -2.28. The van der Waals surface area contributed by atoms with E-state index in [4.69, 9.17) is 5.73 Å². The maximum Gasteiger partial charge on any atom is 0.242 e. The Morgan fingerprint density at radius 2 is 1.95 bits per heavy atom. The van der Waals surface area contributed by atoms with Gasteiger partial charge in [0.15, 0.2) is 0 Å².